The highest BCUT2D eigenvalue weighted by molar-refractivity contribution is 5.36. The van der Waals surface area contributed by atoms with E-state index in [0.29, 0.717) is 18.4 Å². The van der Waals surface area contributed by atoms with Crippen LogP contribution in [0, 0.1) is 6.92 Å². The quantitative estimate of drug-likeness (QED) is 0.869. The molecule has 1 unspecified atom stereocenters. The highest BCUT2D eigenvalue weighted by Gasteiger charge is 2.09. The first kappa shape index (κ1) is 14.3. The van der Waals surface area contributed by atoms with E-state index < -0.39 is 0 Å². The van der Waals surface area contributed by atoms with Crippen LogP contribution in [0.15, 0.2) is 36.5 Å². The van der Waals surface area contributed by atoms with E-state index in [-0.39, 0.29) is 6.04 Å². The maximum atomic E-state index is 5.52. The van der Waals surface area contributed by atoms with Crippen LogP contribution in [0.25, 0.3) is 0 Å². The molecule has 0 saturated heterocycles. The molecule has 4 heteroatoms. The standard InChI is InChI=1S/C16H21N3O/c1-4-11-20-15-9-10-17-16(19-15)18-13(3)14-8-6-5-7-12(14)2/h5-10,13H,4,11H2,1-3H3,(H,17,18,19). The molecule has 1 N–H and O–H groups in total. The molecule has 0 spiro atoms. The molecule has 1 aromatic carbocycles. The third kappa shape index (κ3) is 3.70. The summed E-state index contributed by atoms with van der Waals surface area (Å²) in [5, 5.41) is 3.31. The first-order chi connectivity index (χ1) is 9.70. The Bertz CT molecular complexity index is 557. The zero-order valence-corrected chi connectivity index (χ0v) is 12.3. The van der Waals surface area contributed by atoms with Crippen LogP contribution in [0.3, 0.4) is 0 Å². The van der Waals surface area contributed by atoms with Gasteiger partial charge < -0.3 is 10.1 Å². The molecular formula is C16H21N3O. The molecule has 20 heavy (non-hydrogen) atoms. The second-order valence-electron chi connectivity index (χ2n) is 4.79. The van der Waals surface area contributed by atoms with Crippen molar-refractivity contribution >= 4 is 5.95 Å². The third-order valence-electron chi connectivity index (χ3n) is 3.08. The Kier molecular flexibility index (Phi) is 4.93. The second-order valence-corrected chi connectivity index (χ2v) is 4.79. The van der Waals surface area contributed by atoms with Gasteiger partial charge in [0.15, 0.2) is 0 Å². The molecule has 0 aliphatic rings. The van der Waals surface area contributed by atoms with Crippen molar-refractivity contribution in [3.63, 3.8) is 0 Å². The number of rotatable bonds is 6. The lowest BCUT2D eigenvalue weighted by atomic mass is 10.0. The number of ether oxygens (including phenoxy) is 1. The number of nitrogens with one attached hydrogen (secondary N) is 1. The van der Waals surface area contributed by atoms with Crippen LogP contribution in [-0.2, 0) is 0 Å². The summed E-state index contributed by atoms with van der Waals surface area (Å²) in [6.45, 7) is 6.95. The van der Waals surface area contributed by atoms with E-state index >= 15 is 0 Å². The summed E-state index contributed by atoms with van der Waals surface area (Å²) in [7, 11) is 0. The van der Waals surface area contributed by atoms with Gasteiger partial charge in [0.2, 0.25) is 11.8 Å². The summed E-state index contributed by atoms with van der Waals surface area (Å²) in [5.74, 6) is 1.20. The van der Waals surface area contributed by atoms with Gasteiger partial charge >= 0.3 is 0 Å². The van der Waals surface area contributed by atoms with Crippen LogP contribution in [-0.4, -0.2) is 16.6 Å². The van der Waals surface area contributed by atoms with E-state index in [1.807, 2.05) is 12.1 Å². The summed E-state index contributed by atoms with van der Waals surface area (Å²) in [5.41, 5.74) is 2.50. The van der Waals surface area contributed by atoms with Crippen molar-refractivity contribution in [2.24, 2.45) is 0 Å². The van der Waals surface area contributed by atoms with Crippen LogP contribution >= 0.6 is 0 Å². The van der Waals surface area contributed by atoms with Gasteiger partial charge in [-0.05, 0) is 31.4 Å². The molecule has 0 aliphatic carbocycles. The molecule has 0 fully saturated rings. The fourth-order valence-electron chi connectivity index (χ4n) is 2.04. The normalized spacial score (nSPS) is 11.9. The van der Waals surface area contributed by atoms with Gasteiger partial charge in [0.25, 0.3) is 0 Å². The minimum Gasteiger partial charge on any atom is -0.478 e. The Morgan fingerprint density at radius 1 is 1.25 bits per heavy atom. The molecule has 0 saturated carbocycles. The molecule has 0 radical (unpaired) electrons. The van der Waals surface area contributed by atoms with Crippen molar-refractivity contribution in [1.82, 2.24) is 9.97 Å². The highest BCUT2D eigenvalue weighted by atomic mass is 16.5. The largest absolute Gasteiger partial charge is 0.478 e. The van der Waals surface area contributed by atoms with Gasteiger partial charge in [-0.15, -0.1) is 0 Å². The summed E-state index contributed by atoms with van der Waals surface area (Å²) in [4.78, 5) is 8.60. The van der Waals surface area contributed by atoms with Gasteiger partial charge in [-0.3, -0.25) is 0 Å². The van der Waals surface area contributed by atoms with Crippen molar-refractivity contribution in [2.75, 3.05) is 11.9 Å². The number of anilines is 1. The molecule has 2 aromatic rings. The number of benzene rings is 1. The topological polar surface area (TPSA) is 47.0 Å². The monoisotopic (exact) mass is 271 g/mol. The first-order valence-electron chi connectivity index (χ1n) is 6.98. The average Bonchev–Trinajstić information content (AvgIpc) is 2.46. The van der Waals surface area contributed by atoms with Crippen molar-refractivity contribution < 1.29 is 4.74 Å². The van der Waals surface area contributed by atoms with E-state index in [0.717, 1.165) is 6.42 Å². The Morgan fingerprint density at radius 3 is 2.80 bits per heavy atom. The van der Waals surface area contributed by atoms with Gasteiger partial charge in [0.1, 0.15) is 0 Å². The van der Waals surface area contributed by atoms with E-state index in [4.69, 9.17) is 4.74 Å². The SMILES string of the molecule is CCCOc1ccnc(NC(C)c2ccccc2C)n1. The Hall–Kier alpha value is -2.10. The fraction of sp³-hybridized carbons (Fsp3) is 0.375. The zero-order valence-electron chi connectivity index (χ0n) is 12.3. The number of hydrogen-bond donors (Lipinski definition) is 1. The molecule has 1 aromatic heterocycles. The molecule has 106 valence electrons. The van der Waals surface area contributed by atoms with E-state index in [1.54, 1.807) is 12.3 Å². The van der Waals surface area contributed by atoms with Crippen LogP contribution in [0.5, 0.6) is 5.88 Å². The number of nitrogens with zero attached hydrogens (tertiary/aromatic N) is 2. The predicted molar refractivity (Wildman–Crippen MR) is 81.0 cm³/mol. The van der Waals surface area contributed by atoms with Crippen molar-refractivity contribution in [3.05, 3.63) is 47.7 Å². The van der Waals surface area contributed by atoms with Crippen LogP contribution in [0.2, 0.25) is 0 Å². The number of aryl methyl sites for hydroxylation is 1. The lowest BCUT2D eigenvalue weighted by Gasteiger charge is -2.16. The molecular weight excluding hydrogens is 250 g/mol. The molecule has 0 amide bonds. The summed E-state index contributed by atoms with van der Waals surface area (Å²) >= 11 is 0. The lowest BCUT2D eigenvalue weighted by molar-refractivity contribution is 0.305. The Balaban J connectivity index is 2.08. The maximum Gasteiger partial charge on any atom is 0.226 e. The fourth-order valence-corrected chi connectivity index (χ4v) is 2.04. The van der Waals surface area contributed by atoms with Crippen LogP contribution < -0.4 is 10.1 Å². The third-order valence-corrected chi connectivity index (χ3v) is 3.08. The lowest BCUT2D eigenvalue weighted by Crippen LogP contribution is -2.11. The minimum atomic E-state index is 0.151. The van der Waals surface area contributed by atoms with E-state index in [1.165, 1.54) is 11.1 Å². The first-order valence-corrected chi connectivity index (χ1v) is 6.98. The van der Waals surface area contributed by atoms with Gasteiger partial charge in [0.05, 0.1) is 12.6 Å². The average molecular weight is 271 g/mol. The van der Waals surface area contributed by atoms with Crippen molar-refractivity contribution in [3.8, 4) is 5.88 Å². The predicted octanol–water partition coefficient (Wildman–Crippen LogP) is 3.75. The van der Waals surface area contributed by atoms with Gasteiger partial charge in [0, 0.05) is 12.3 Å². The van der Waals surface area contributed by atoms with Crippen molar-refractivity contribution in [1.29, 1.82) is 0 Å². The second kappa shape index (κ2) is 6.89. The molecule has 4 nitrogen and oxygen atoms in total. The van der Waals surface area contributed by atoms with E-state index in [2.05, 4.69) is 48.2 Å². The number of aromatic nitrogens is 2. The molecule has 1 atom stereocenters. The van der Waals surface area contributed by atoms with Gasteiger partial charge in [-0.1, -0.05) is 31.2 Å². The minimum absolute atomic E-state index is 0.151. The Labute approximate surface area is 120 Å². The summed E-state index contributed by atoms with van der Waals surface area (Å²) < 4.78 is 5.52. The molecule has 2 rings (SSSR count). The number of hydrogen-bond acceptors (Lipinski definition) is 4. The maximum absolute atomic E-state index is 5.52. The van der Waals surface area contributed by atoms with Gasteiger partial charge in [-0.2, -0.15) is 4.98 Å². The molecule has 0 aliphatic heterocycles. The summed E-state index contributed by atoms with van der Waals surface area (Å²) in [6.07, 6.45) is 2.68. The summed E-state index contributed by atoms with van der Waals surface area (Å²) in [6, 6.07) is 10.2. The smallest absolute Gasteiger partial charge is 0.226 e. The van der Waals surface area contributed by atoms with Gasteiger partial charge in [-0.25, -0.2) is 4.98 Å². The zero-order chi connectivity index (χ0) is 14.4. The van der Waals surface area contributed by atoms with E-state index in [9.17, 15) is 0 Å². The van der Waals surface area contributed by atoms with Crippen LogP contribution in [0.1, 0.15) is 37.4 Å². The van der Waals surface area contributed by atoms with Crippen LogP contribution in [0.4, 0.5) is 5.95 Å². The molecule has 0 bridgehead atoms. The Morgan fingerprint density at radius 2 is 2.05 bits per heavy atom. The highest BCUT2D eigenvalue weighted by Crippen LogP contribution is 2.20. The molecule has 1 heterocycles. The van der Waals surface area contributed by atoms with Crippen molar-refractivity contribution in [2.45, 2.75) is 33.2 Å².